The Kier molecular flexibility index (Phi) is 2.93. The Morgan fingerprint density at radius 2 is 2.07 bits per heavy atom. The first kappa shape index (κ1) is 9.66. The first-order chi connectivity index (χ1) is 7.36. The van der Waals surface area contributed by atoms with Crippen LogP contribution < -0.4 is 0 Å². The predicted octanol–water partition coefficient (Wildman–Crippen LogP) is 1.05. The molecule has 7 heteroatoms. The van der Waals surface area contributed by atoms with Crippen molar-refractivity contribution in [3.63, 3.8) is 0 Å². The van der Waals surface area contributed by atoms with Gasteiger partial charge in [0.25, 0.3) is 0 Å². The van der Waals surface area contributed by atoms with Crippen LogP contribution in [0.2, 0.25) is 0 Å². The van der Waals surface area contributed by atoms with Crippen LogP contribution in [0.25, 0.3) is 11.0 Å². The Hall–Kier alpha value is -1.89. The maximum Gasteiger partial charge on any atom is 0.205 e. The fourth-order valence-corrected chi connectivity index (χ4v) is 1.11. The van der Waals surface area contributed by atoms with Crippen LogP contribution >= 0.6 is 12.6 Å². The van der Waals surface area contributed by atoms with Gasteiger partial charge in [0.15, 0.2) is 0 Å². The van der Waals surface area contributed by atoms with Crippen LogP contribution in [0.1, 0.15) is 0 Å². The van der Waals surface area contributed by atoms with Crippen LogP contribution in [0.4, 0.5) is 0 Å². The van der Waals surface area contributed by atoms with Gasteiger partial charge >= 0.3 is 0 Å². The van der Waals surface area contributed by atoms with E-state index < -0.39 is 0 Å². The average molecular weight is 220 g/mol. The molecule has 3 aromatic rings. The summed E-state index contributed by atoms with van der Waals surface area (Å²) in [6, 6.07) is 7.74. The minimum absolute atomic E-state index is 0.481. The van der Waals surface area contributed by atoms with Gasteiger partial charge in [-0.1, -0.05) is 17.3 Å². The second-order valence-corrected chi connectivity index (χ2v) is 3.03. The summed E-state index contributed by atoms with van der Waals surface area (Å²) in [6.07, 6.45) is 1.47. The molecule has 0 unspecified atom stereocenters. The molecule has 6 nitrogen and oxygen atoms in total. The van der Waals surface area contributed by atoms with Crippen molar-refractivity contribution < 1.29 is 0 Å². The fourth-order valence-electron chi connectivity index (χ4n) is 0.990. The largest absolute Gasteiger partial charge is 0.265 e. The Morgan fingerprint density at radius 3 is 2.67 bits per heavy atom. The number of fused-ring (bicyclic) bond motifs is 1. The molecule has 1 aromatic carbocycles. The lowest BCUT2D eigenvalue weighted by atomic mass is 10.3. The van der Waals surface area contributed by atoms with Crippen molar-refractivity contribution in [2.24, 2.45) is 0 Å². The number of para-hydroxylation sites is 1. The van der Waals surface area contributed by atoms with Gasteiger partial charge in [-0.05, 0) is 12.1 Å². The van der Waals surface area contributed by atoms with E-state index >= 15 is 0 Å². The Morgan fingerprint density at radius 1 is 1.20 bits per heavy atom. The van der Waals surface area contributed by atoms with Gasteiger partial charge in [0, 0.05) is 0 Å². The lowest BCUT2D eigenvalue weighted by Crippen LogP contribution is -1.63. The van der Waals surface area contributed by atoms with E-state index in [1.54, 1.807) is 0 Å². The predicted molar refractivity (Wildman–Crippen MR) is 57.5 cm³/mol. The molecule has 2 N–H and O–H groups in total. The summed E-state index contributed by atoms with van der Waals surface area (Å²) in [6.45, 7) is 0. The van der Waals surface area contributed by atoms with Crippen LogP contribution in [0.5, 0.6) is 0 Å². The summed E-state index contributed by atoms with van der Waals surface area (Å²) in [5.41, 5.74) is 1.90. The molecule has 2 heterocycles. The quantitative estimate of drug-likeness (QED) is 0.494. The summed E-state index contributed by atoms with van der Waals surface area (Å²) in [4.78, 5) is 3.61. The molecule has 0 spiro atoms. The van der Waals surface area contributed by atoms with Crippen LogP contribution in [-0.4, -0.2) is 30.6 Å². The van der Waals surface area contributed by atoms with E-state index in [9.17, 15) is 0 Å². The zero-order chi connectivity index (χ0) is 10.5. The number of nitrogens with zero attached hydrogens (tertiary/aromatic N) is 4. The maximum atomic E-state index is 3.81. The van der Waals surface area contributed by atoms with Gasteiger partial charge in [-0.2, -0.15) is 0 Å². The summed E-state index contributed by atoms with van der Waals surface area (Å²) in [5, 5.41) is 16.7. The first-order valence-electron chi connectivity index (χ1n) is 4.17. The molecular formula is C8H8N6S. The second kappa shape index (κ2) is 4.56. The molecule has 0 aliphatic rings. The minimum atomic E-state index is 0.481. The highest BCUT2D eigenvalue weighted by molar-refractivity contribution is 7.80. The van der Waals surface area contributed by atoms with Gasteiger partial charge in [-0.15, -0.1) is 22.8 Å². The highest BCUT2D eigenvalue weighted by Crippen LogP contribution is 2.03. The molecule has 76 valence electrons. The van der Waals surface area contributed by atoms with Crippen molar-refractivity contribution in [3.8, 4) is 0 Å². The van der Waals surface area contributed by atoms with E-state index in [0.29, 0.717) is 5.16 Å². The SMILES string of the molecule is Sc1nc[nH]n1.c1ccc2[nH]nnc2c1. The normalized spacial score (nSPS) is 9.67. The average Bonchev–Trinajstić information content (AvgIpc) is 2.88. The molecule has 0 atom stereocenters. The zero-order valence-corrected chi connectivity index (χ0v) is 8.52. The van der Waals surface area contributed by atoms with Gasteiger partial charge in [-0.3, -0.25) is 10.2 Å². The summed E-state index contributed by atoms with van der Waals surface area (Å²) in [7, 11) is 0. The van der Waals surface area contributed by atoms with Crippen LogP contribution in [-0.2, 0) is 0 Å². The lowest BCUT2D eigenvalue weighted by molar-refractivity contribution is 0.959. The minimum Gasteiger partial charge on any atom is -0.265 e. The van der Waals surface area contributed by atoms with Gasteiger partial charge < -0.3 is 0 Å². The highest BCUT2D eigenvalue weighted by atomic mass is 32.1. The smallest absolute Gasteiger partial charge is 0.205 e. The number of hydrogen-bond acceptors (Lipinski definition) is 5. The molecule has 0 aliphatic heterocycles. The van der Waals surface area contributed by atoms with E-state index in [-0.39, 0.29) is 0 Å². The molecule has 0 aliphatic carbocycles. The van der Waals surface area contributed by atoms with E-state index in [0.717, 1.165) is 11.0 Å². The van der Waals surface area contributed by atoms with E-state index in [1.807, 2.05) is 24.3 Å². The third kappa shape index (κ3) is 2.53. The fraction of sp³-hybridized carbons (Fsp3) is 0. The number of nitrogens with one attached hydrogen (secondary N) is 2. The number of aromatic nitrogens is 6. The Balaban J connectivity index is 0.000000124. The Bertz CT molecular complexity index is 486. The third-order valence-electron chi connectivity index (χ3n) is 1.63. The van der Waals surface area contributed by atoms with Gasteiger partial charge in [0.05, 0.1) is 5.52 Å². The lowest BCUT2D eigenvalue weighted by Gasteiger charge is -1.79. The molecule has 2 aromatic heterocycles. The second-order valence-electron chi connectivity index (χ2n) is 2.63. The van der Waals surface area contributed by atoms with E-state index in [1.165, 1.54) is 6.33 Å². The van der Waals surface area contributed by atoms with Crippen LogP contribution in [0, 0.1) is 0 Å². The Labute approximate surface area is 90.5 Å². The van der Waals surface area contributed by atoms with Crippen molar-refractivity contribution in [2.75, 3.05) is 0 Å². The number of benzene rings is 1. The molecule has 0 saturated carbocycles. The molecule has 3 rings (SSSR count). The molecule has 0 radical (unpaired) electrons. The van der Waals surface area contributed by atoms with Crippen molar-refractivity contribution in [3.05, 3.63) is 30.6 Å². The van der Waals surface area contributed by atoms with Crippen molar-refractivity contribution in [2.45, 2.75) is 5.16 Å². The third-order valence-corrected chi connectivity index (χ3v) is 1.85. The summed E-state index contributed by atoms with van der Waals surface area (Å²) >= 11 is 3.78. The highest BCUT2D eigenvalue weighted by Gasteiger charge is 1.90. The number of rotatable bonds is 0. The first-order valence-corrected chi connectivity index (χ1v) is 4.61. The van der Waals surface area contributed by atoms with E-state index in [2.05, 4.69) is 43.2 Å². The van der Waals surface area contributed by atoms with Crippen molar-refractivity contribution >= 4 is 23.7 Å². The standard InChI is InChI=1S/C6H5N3.C2H3N3S/c1-2-4-6-5(3-1)7-9-8-6;6-2-3-1-4-5-2/h1-4H,(H,7,8,9);1H,(H2,3,4,5,6). The topological polar surface area (TPSA) is 83.1 Å². The maximum absolute atomic E-state index is 3.81. The molecule has 15 heavy (non-hydrogen) atoms. The van der Waals surface area contributed by atoms with Crippen LogP contribution in [0.3, 0.4) is 0 Å². The number of aromatic amines is 2. The molecule has 0 bridgehead atoms. The van der Waals surface area contributed by atoms with E-state index in [4.69, 9.17) is 0 Å². The molecular weight excluding hydrogens is 212 g/mol. The summed E-state index contributed by atoms with van der Waals surface area (Å²) < 4.78 is 0. The number of hydrogen-bond donors (Lipinski definition) is 3. The van der Waals surface area contributed by atoms with Gasteiger partial charge in [-0.25, -0.2) is 4.98 Å². The molecule has 0 fully saturated rings. The zero-order valence-electron chi connectivity index (χ0n) is 7.62. The summed E-state index contributed by atoms with van der Waals surface area (Å²) in [5.74, 6) is 0. The molecule has 0 amide bonds. The van der Waals surface area contributed by atoms with Crippen molar-refractivity contribution in [1.29, 1.82) is 0 Å². The van der Waals surface area contributed by atoms with Crippen molar-refractivity contribution in [1.82, 2.24) is 30.6 Å². The monoisotopic (exact) mass is 220 g/mol. The van der Waals surface area contributed by atoms with Gasteiger partial charge in [0.2, 0.25) is 5.16 Å². The number of thiol groups is 1. The van der Waals surface area contributed by atoms with Gasteiger partial charge in [0.1, 0.15) is 11.8 Å². The van der Waals surface area contributed by atoms with Crippen LogP contribution in [0.15, 0.2) is 35.7 Å². The number of H-pyrrole nitrogens is 2. The molecule has 0 saturated heterocycles.